The average Bonchev–Trinajstić information content (AvgIpc) is 2.45. The maximum atomic E-state index is 11.8. The van der Waals surface area contributed by atoms with Gasteiger partial charge < -0.3 is 9.47 Å². The fourth-order valence-corrected chi connectivity index (χ4v) is 2.12. The number of hydrogen-bond acceptors (Lipinski definition) is 4. The summed E-state index contributed by atoms with van der Waals surface area (Å²) in [4.78, 5) is 16.2. The Morgan fingerprint density at radius 3 is 2.70 bits per heavy atom. The van der Waals surface area contributed by atoms with E-state index >= 15 is 0 Å². The molecule has 0 saturated carbocycles. The van der Waals surface area contributed by atoms with E-state index in [1.165, 1.54) is 7.11 Å². The summed E-state index contributed by atoms with van der Waals surface area (Å²) in [5.41, 5.74) is 2.16. The van der Waals surface area contributed by atoms with Crippen molar-refractivity contribution < 1.29 is 14.3 Å². The first-order valence-corrected chi connectivity index (χ1v) is 6.74. The molecule has 0 aliphatic carbocycles. The molecular formula is C16H19NO3. The molecule has 0 bridgehead atoms. The van der Waals surface area contributed by atoms with Crippen LogP contribution in [0.25, 0.3) is 10.9 Å². The Balaban J connectivity index is 2.70. The zero-order valence-corrected chi connectivity index (χ0v) is 12.3. The molecule has 1 aromatic carbocycles. The number of benzene rings is 1. The number of aryl methyl sites for hydroxylation is 1. The molecule has 0 saturated heterocycles. The second kappa shape index (κ2) is 5.90. The van der Waals surface area contributed by atoms with Gasteiger partial charge in [-0.05, 0) is 31.9 Å². The highest BCUT2D eigenvalue weighted by Crippen LogP contribution is 2.29. The van der Waals surface area contributed by atoms with E-state index in [0.29, 0.717) is 5.75 Å². The molecule has 0 radical (unpaired) electrons. The summed E-state index contributed by atoms with van der Waals surface area (Å²) in [6.45, 7) is 5.96. The predicted octanol–water partition coefficient (Wildman–Crippen LogP) is 3.37. The predicted molar refractivity (Wildman–Crippen MR) is 78.2 cm³/mol. The van der Waals surface area contributed by atoms with Crippen molar-refractivity contribution in [2.75, 3.05) is 7.11 Å². The quantitative estimate of drug-likeness (QED) is 0.801. The number of nitrogens with zero attached hydrogens (tertiary/aromatic N) is 1. The number of ether oxygens (including phenoxy) is 2. The van der Waals surface area contributed by atoms with Crippen LogP contribution in [0, 0.1) is 0 Å². The molecule has 0 fully saturated rings. The van der Waals surface area contributed by atoms with Gasteiger partial charge in [-0.15, -0.1) is 0 Å². The van der Waals surface area contributed by atoms with Crippen LogP contribution in [0.15, 0.2) is 24.3 Å². The van der Waals surface area contributed by atoms with Gasteiger partial charge in [-0.1, -0.05) is 19.1 Å². The molecule has 0 aliphatic rings. The summed E-state index contributed by atoms with van der Waals surface area (Å²) in [6, 6.07) is 7.59. The monoisotopic (exact) mass is 273 g/mol. The number of fused-ring (bicyclic) bond motifs is 1. The molecule has 4 heteroatoms. The number of hydrogen-bond donors (Lipinski definition) is 0. The topological polar surface area (TPSA) is 48.4 Å². The van der Waals surface area contributed by atoms with Gasteiger partial charge in [0.2, 0.25) is 0 Å². The number of carbonyl (C=O) groups is 1. The van der Waals surface area contributed by atoms with E-state index in [1.807, 2.05) is 32.0 Å². The van der Waals surface area contributed by atoms with E-state index in [-0.39, 0.29) is 11.8 Å². The van der Waals surface area contributed by atoms with E-state index in [9.17, 15) is 4.79 Å². The molecule has 0 spiro atoms. The summed E-state index contributed by atoms with van der Waals surface area (Å²) in [6.07, 6.45) is 0.868. The highest BCUT2D eigenvalue weighted by Gasteiger charge is 2.15. The second-order valence-electron chi connectivity index (χ2n) is 4.83. The highest BCUT2D eigenvalue weighted by molar-refractivity contribution is 5.95. The van der Waals surface area contributed by atoms with Gasteiger partial charge in [0, 0.05) is 11.5 Å². The fraction of sp³-hybridized carbons (Fsp3) is 0.375. The van der Waals surface area contributed by atoms with Gasteiger partial charge in [0.05, 0.1) is 18.7 Å². The third-order valence-electron chi connectivity index (χ3n) is 3.02. The normalized spacial score (nSPS) is 10.8. The van der Waals surface area contributed by atoms with Gasteiger partial charge in [0.15, 0.2) is 5.69 Å². The Labute approximate surface area is 118 Å². The summed E-state index contributed by atoms with van der Waals surface area (Å²) >= 11 is 0. The van der Waals surface area contributed by atoms with Crippen LogP contribution in [0.1, 0.15) is 36.8 Å². The number of carbonyl (C=O) groups excluding carboxylic acids is 1. The summed E-state index contributed by atoms with van der Waals surface area (Å²) in [5.74, 6) is 0.215. The van der Waals surface area contributed by atoms with E-state index in [0.717, 1.165) is 22.9 Å². The maximum absolute atomic E-state index is 11.8. The van der Waals surface area contributed by atoms with Crippen molar-refractivity contribution in [3.8, 4) is 5.75 Å². The van der Waals surface area contributed by atoms with E-state index in [2.05, 4.69) is 11.9 Å². The Morgan fingerprint density at radius 1 is 1.35 bits per heavy atom. The number of esters is 1. The Bertz CT molecular complexity index is 635. The van der Waals surface area contributed by atoms with Crippen LogP contribution in [0.4, 0.5) is 0 Å². The van der Waals surface area contributed by atoms with Crippen molar-refractivity contribution in [1.29, 1.82) is 0 Å². The third kappa shape index (κ3) is 2.74. The van der Waals surface area contributed by atoms with E-state index in [1.54, 1.807) is 6.07 Å². The van der Waals surface area contributed by atoms with Gasteiger partial charge in [-0.3, -0.25) is 0 Å². The Morgan fingerprint density at radius 2 is 2.10 bits per heavy atom. The van der Waals surface area contributed by atoms with Crippen LogP contribution in [-0.2, 0) is 11.2 Å². The van der Waals surface area contributed by atoms with Crippen molar-refractivity contribution in [1.82, 2.24) is 4.98 Å². The standard InChI is InChI=1S/C16H19NO3/c1-5-11-7-6-8-12-14(20-10(2)3)9-13(16(18)19-4)17-15(11)12/h6-10H,5H2,1-4H3. The molecule has 0 atom stereocenters. The minimum Gasteiger partial charge on any atom is -0.490 e. The first-order valence-electron chi connectivity index (χ1n) is 6.74. The smallest absolute Gasteiger partial charge is 0.356 e. The summed E-state index contributed by atoms with van der Waals surface area (Å²) in [5, 5.41) is 0.922. The van der Waals surface area contributed by atoms with E-state index in [4.69, 9.17) is 9.47 Å². The van der Waals surface area contributed by atoms with Gasteiger partial charge in [0.25, 0.3) is 0 Å². The van der Waals surface area contributed by atoms with Gasteiger partial charge in [0.1, 0.15) is 5.75 Å². The molecule has 20 heavy (non-hydrogen) atoms. The first kappa shape index (κ1) is 14.3. The molecule has 106 valence electrons. The number of aromatic nitrogens is 1. The van der Waals surface area contributed by atoms with Crippen LogP contribution >= 0.6 is 0 Å². The molecule has 2 aromatic rings. The molecule has 1 heterocycles. The summed E-state index contributed by atoms with van der Waals surface area (Å²) < 4.78 is 10.6. The first-order chi connectivity index (χ1) is 9.56. The lowest BCUT2D eigenvalue weighted by molar-refractivity contribution is 0.0593. The van der Waals surface area contributed by atoms with Crippen LogP contribution in [0.2, 0.25) is 0 Å². The minimum atomic E-state index is -0.452. The number of pyridine rings is 1. The molecule has 0 unspecified atom stereocenters. The van der Waals surface area contributed by atoms with Crippen LogP contribution in [-0.4, -0.2) is 24.2 Å². The van der Waals surface area contributed by atoms with Crippen molar-refractivity contribution in [3.05, 3.63) is 35.5 Å². The fourth-order valence-electron chi connectivity index (χ4n) is 2.12. The summed E-state index contributed by atoms with van der Waals surface area (Å²) in [7, 11) is 1.35. The average molecular weight is 273 g/mol. The Hall–Kier alpha value is -2.10. The van der Waals surface area contributed by atoms with Gasteiger partial charge in [-0.2, -0.15) is 0 Å². The SMILES string of the molecule is CCc1cccc2c(OC(C)C)cc(C(=O)OC)nc12. The van der Waals surface area contributed by atoms with Crippen molar-refractivity contribution >= 4 is 16.9 Å². The molecule has 1 aromatic heterocycles. The molecule has 0 N–H and O–H groups in total. The third-order valence-corrected chi connectivity index (χ3v) is 3.02. The van der Waals surface area contributed by atoms with Gasteiger partial charge >= 0.3 is 5.97 Å². The highest BCUT2D eigenvalue weighted by atomic mass is 16.5. The van der Waals surface area contributed by atoms with Gasteiger partial charge in [-0.25, -0.2) is 9.78 Å². The van der Waals surface area contributed by atoms with Crippen LogP contribution in [0.3, 0.4) is 0 Å². The molecule has 0 amide bonds. The molecule has 0 aliphatic heterocycles. The molecule has 2 rings (SSSR count). The van der Waals surface area contributed by atoms with Crippen LogP contribution < -0.4 is 4.74 Å². The zero-order valence-electron chi connectivity index (χ0n) is 12.3. The number of para-hydroxylation sites is 1. The molecule has 4 nitrogen and oxygen atoms in total. The maximum Gasteiger partial charge on any atom is 0.356 e. The zero-order chi connectivity index (χ0) is 14.7. The number of methoxy groups -OCH3 is 1. The lowest BCUT2D eigenvalue weighted by Crippen LogP contribution is -2.10. The lowest BCUT2D eigenvalue weighted by Gasteiger charge is -2.14. The largest absolute Gasteiger partial charge is 0.490 e. The van der Waals surface area contributed by atoms with E-state index < -0.39 is 5.97 Å². The molecular weight excluding hydrogens is 254 g/mol. The van der Waals surface area contributed by atoms with Crippen molar-refractivity contribution in [2.24, 2.45) is 0 Å². The number of rotatable bonds is 4. The van der Waals surface area contributed by atoms with Crippen molar-refractivity contribution in [3.63, 3.8) is 0 Å². The Kier molecular flexibility index (Phi) is 4.23. The minimum absolute atomic E-state index is 0.0244. The lowest BCUT2D eigenvalue weighted by atomic mass is 10.1. The van der Waals surface area contributed by atoms with Crippen LogP contribution in [0.5, 0.6) is 5.75 Å². The van der Waals surface area contributed by atoms with Crippen molar-refractivity contribution in [2.45, 2.75) is 33.3 Å². The second-order valence-corrected chi connectivity index (χ2v) is 4.83.